The second kappa shape index (κ2) is 19.7. The summed E-state index contributed by atoms with van der Waals surface area (Å²) in [6.07, 6.45) is -6.54. The molecule has 4 aliphatic rings. The van der Waals surface area contributed by atoms with Crippen LogP contribution in [0.1, 0.15) is 22.8 Å². The highest BCUT2D eigenvalue weighted by Crippen LogP contribution is 2.40. The van der Waals surface area contributed by atoms with Crippen LogP contribution in [0.5, 0.6) is 11.5 Å². The minimum Gasteiger partial charge on any atom is -0.462 e. The summed E-state index contributed by atoms with van der Waals surface area (Å²) >= 11 is 0. The van der Waals surface area contributed by atoms with Gasteiger partial charge in [-0.15, -0.1) is 0 Å². The number of ether oxygens (including phenoxy) is 4. The van der Waals surface area contributed by atoms with Crippen molar-refractivity contribution < 1.29 is 59.8 Å². The molecule has 0 unspecified atom stereocenters. The molecule has 0 aliphatic carbocycles. The van der Waals surface area contributed by atoms with Gasteiger partial charge in [-0.3, -0.25) is 0 Å². The Labute approximate surface area is 411 Å². The van der Waals surface area contributed by atoms with E-state index < -0.39 is 74.6 Å². The number of hydrogen-bond donors (Lipinski definition) is 10. The van der Waals surface area contributed by atoms with Crippen LogP contribution in [0.4, 0.5) is 0 Å². The normalized spacial score (nSPS) is 24.8. The molecule has 4 aromatic carbocycles. The molecule has 366 valence electrons. The number of aromatic amines is 2. The summed E-state index contributed by atoms with van der Waals surface area (Å²) in [4.78, 5) is 18.1. The molecule has 10 atom stereocenters. The number of aliphatic hydroxyl groups is 8. The van der Waals surface area contributed by atoms with Crippen LogP contribution in [0, 0.1) is 0 Å². The zero-order valence-electron chi connectivity index (χ0n) is 38.3. The molecule has 72 heavy (non-hydrogen) atoms. The van der Waals surface area contributed by atoms with Crippen LogP contribution in [-0.4, -0.2) is 135 Å². The van der Waals surface area contributed by atoms with Crippen LogP contribution < -0.4 is 9.47 Å². The molecule has 0 saturated carbocycles. The van der Waals surface area contributed by atoms with Crippen molar-refractivity contribution in [2.24, 2.45) is 0 Å². The number of nitrogens with one attached hydrogen (secondary N) is 2. The summed E-state index contributed by atoms with van der Waals surface area (Å²) < 4.78 is 23.2. The van der Waals surface area contributed by atoms with Crippen molar-refractivity contribution in [2.75, 3.05) is 13.2 Å². The number of aliphatic hydroxyl groups excluding tert-OH is 8. The van der Waals surface area contributed by atoms with Gasteiger partial charge in [0.1, 0.15) is 60.3 Å². The summed E-state index contributed by atoms with van der Waals surface area (Å²) in [5.74, 6) is 0.587. The van der Waals surface area contributed by atoms with Crippen molar-refractivity contribution in [3.05, 3.63) is 156 Å². The van der Waals surface area contributed by atoms with Gasteiger partial charge in [-0.05, 0) is 95.1 Å². The van der Waals surface area contributed by atoms with E-state index in [1.165, 1.54) is 0 Å². The maximum Gasteiger partial charge on any atom is 0.229 e. The lowest BCUT2D eigenvalue weighted by Crippen LogP contribution is -2.60. The Balaban J connectivity index is 1.10. The molecule has 2 fully saturated rings. The summed E-state index contributed by atoms with van der Waals surface area (Å²) in [5, 5.41) is 82.4. The average Bonchev–Trinajstić information content (AvgIpc) is 4.27. The van der Waals surface area contributed by atoms with E-state index >= 15 is 0 Å². The number of nitrogens with zero attached hydrogens (tertiary/aromatic N) is 2. The Morgan fingerprint density at radius 2 is 0.681 bits per heavy atom. The van der Waals surface area contributed by atoms with Gasteiger partial charge in [0.25, 0.3) is 0 Å². The fraction of sp³-hybridized carbons (Fsp3) is 0.214. The predicted molar refractivity (Wildman–Crippen MR) is 269 cm³/mol. The molecular weight excluding hydrogens is 921 g/mol. The van der Waals surface area contributed by atoms with E-state index in [0.29, 0.717) is 22.9 Å². The fourth-order valence-electron chi connectivity index (χ4n) is 9.63. The quantitative estimate of drug-likeness (QED) is 0.0792. The minimum absolute atomic E-state index is 0.293. The Kier molecular flexibility index (Phi) is 12.9. The maximum absolute atomic E-state index is 10.7. The van der Waals surface area contributed by atoms with E-state index in [1.807, 2.05) is 109 Å². The standard InChI is InChI=1S/C56H50N4O12/c61-27-43-49(63)51(65)53(67)55(71-43)69-33-15-11-31(12-16-33)47-39-23-21-37(58-39)45(29-7-3-1-4-8-29)35-19-20-36(57-35)46(30-9-5-2-6-10-30)38-22-24-40(59-38)48(42-26-25-41(47)60-42)32-13-17-34(18-14-32)70-56-54(68)52(66)50(64)44(28-62)72-56/h1-26,43-44,49-56,58-59,61-68H,27-28H2/t43-,44-,49+,50+,51+,52+,53-,54-,55-,56-/m1/s1. The Morgan fingerprint density at radius 1 is 0.375 bits per heavy atom. The summed E-state index contributed by atoms with van der Waals surface area (Å²) in [5.41, 5.74) is 12.4. The van der Waals surface area contributed by atoms with Gasteiger partial charge in [-0.25, -0.2) is 9.97 Å². The lowest BCUT2D eigenvalue weighted by molar-refractivity contribution is -0.277. The third-order valence-electron chi connectivity index (χ3n) is 13.4. The van der Waals surface area contributed by atoms with Crippen molar-refractivity contribution in [3.63, 3.8) is 0 Å². The molecule has 7 heterocycles. The Morgan fingerprint density at radius 3 is 0.986 bits per heavy atom. The number of H-pyrrole nitrogens is 2. The highest BCUT2D eigenvalue weighted by molar-refractivity contribution is 5.99. The van der Waals surface area contributed by atoms with Gasteiger partial charge in [-0.1, -0.05) is 84.9 Å². The molecule has 8 bridgehead atoms. The molecule has 11 rings (SSSR count). The number of benzene rings is 4. The summed E-state index contributed by atoms with van der Waals surface area (Å²) in [6.45, 7) is -1.19. The highest BCUT2D eigenvalue weighted by Gasteiger charge is 2.46. The third-order valence-corrected chi connectivity index (χ3v) is 13.4. The number of fused-ring (bicyclic) bond motifs is 8. The molecule has 4 aliphatic heterocycles. The fourth-order valence-corrected chi connectivity index (χ4v) is 9.63. The van der Waals surface area contributed by atoms with E-state index in [-0.39, 0.29) is 0 Å². The van der Waals surface area contributed by atoms with Gasteiger partial charge in [0, 0.05) is 44.3 Å². The van der Waals surface area contributed by atoms with Crippen molar-refractivity contribution in [1.29, 1.82) is 0 Å². The van der Waals surface area contributed by atoms with Gasteiger partial charge >= 0.3 is 0 Å². The number of rotatable bonds is 10. The molecule has 16 nitrogen and oxygen atoms in total. The molecular formula is C56H50N4O12. The van der Waals surface area contributed by atoms with Crippen molar-refractivity contribution >= 4 is 46.4 Å². The molecule has 0 spiro atoms. The lowest BCUT2D eigenvalue weighted by atomic mass is 9.99. The van der Waals surface area contributed by atoms with E-state index in [4.69, 9.17) is 28.9 Å². The van der Waals surface area contributed by atoms with Gasteiger partial charge in [0.05, 0.1) is 36.0 Å². The molecule has 16 heteroatoms. The van der Waals surface area contributed by atoms with Gasteiger partial charge in [0.2, 0.25) is 12.6 Å². The van der Waals surface area contributed by atoms with Crippen molar-refractivity contribution in [2.45, 2.75) is 61.4 Å². The molecule has 0 amide bonds. The van der Waals surface area contributed by atoms with E-state index in [1.54, 1.807) is 24.3 Å². The molecule has 7 aromatic rings. The van der Waals surface area contributed by atoms with Gasteiger partial charge < -0.3 is 69.8 Å². The van der Waals surface area contributed by atoms with Crippen LogP contribution >= 0.6 is 0 Å². The van der Waals surface area contributed by atoms with E-state index in [9.17, 15) is 40.9 Å². The Hall–Kier alpha value is -7.32. The first-order valence-electron chi connectivity index (χ1n) is 23.5. The topological polar surface area (TPSA) is 256 Å². The first-order chi connectivity index (χ1) is 35.1. The van der Waals surface area contributed by atoms with Crippen molar-refractivity contribution in [1.82, 2.24) is 19.9 Å². The van der Waals surface area contributed by atoms with Crippen LogP contribution in [-0.2, 0) is 9.47 Å². The first-order valence-corrected chi connectivity index (χ1v) is 23.5. The minimum atomic E-state index is -1.60. The van der Waals surface area contributed by atoms with Crippen LogP contribution in [0.15, 0.2) is 133 Å². The SMILES string of the molecule is OC[C@H]1O[C@@H](Oc2ccc(-c3c4nc(c(-c5ccc(O[C@@H]6O[C@H](CO)[C@H](O)[C@H](O)[C@H]6O)cc5)c5ccc([nH]5)c(-c5ccccc5)c5nc(c(-c6ccccc6)c6ccc3[nH]6)C=C5)C=C4)cc2)[C@H](O)[C@@H](O)[C@H]1O. The maximum atomic E-state index is 10.7. The monoisotopic (exact) mass is 970 g/mol. The molecule has 10 N–H and O–H groups in total. The number of hydrogen-bond acceptors (Lipinski definition) is 14. The zero-order chi connectivity index (χ0) is 49.6. The smallest absolute Gasteiger partial charge is 0.229 e. The Bertz CT molecular complexity index is 3110. The summed E-state index contributed by atoms with van der Waals surface area (Å²) in [7, 11) is 0. The van der Waals surface area contributed by atoms with Crippen LogP contribution in [0.25, 0.3) is 90.9 Å². The van der Waals surface area contributed by atoms with Gasteiger partial charge in [-0.2, -0.15) is 0 Å². The largest absolute Gasteiger partial charge is 0.462 e. The first kappa shape index (κ1) is 47.0. The van der Waals surface area contributed by atoms with E-state index in [0.717, 1.165) is 78.0 Å². The third kappa shape index (κ3) is 8.79. The molecule has 3 aromatic heterocycles. The zero-order valence-corrected chi connectivity index (χ0v) is 38.3. The predicted octanol–water partition coefficient (Wildman–Crippen LogP) is 5.68. The lowest BCUT2D eigenvalue weighted by Gasteiger charge is -2.39. The second-order valence-electron chi connectivity index (χ2n) is 17.9. The van der Waals surface area contributed by atoms with E-state index in [2.05, 4.69) is 34.2 Å². The van der Waals surface area contributed by atoms with Crippen molar-refractivity contribution in [3.8, 4) is 56.0 Å². The van der Waals surface area contributed by atoms with Crippen LogP contribution in [0.2, 0.25) is 0 Å². The highest BCUT2D eigenvalue weighted by atomic mass is 16.7. The molecule has 0 radical (unpaired) electrons. The summed E-state index contributed by atoms with van der Waals surface area (Å²) in [6, 6.07) is 42.3. The van der Waals surface area contributed by atoms with Gasteiger partial charge in [0.15, 0.2) is 0 Å². The second-order valence-corrected chi connectivity index (χ2v) is 17.9. The molecule has 2 saturated heterocycles. The number of aromatic nitrogens is 4. The van der Waals surface area contributed by atoms with Crippen LogP contribution in [0.3, 0.4) is 0 Å². The average molecular weight is 971 g/mol.